The Morgan fingerprint density at radius 1 is 1.47 bits per heavy atom. The monoisotopic (exact) mass is 239 g/mol. The van der Waals surface area contributed by atoms with Crippen LogP contribution in [0, 0.1) is 5.82 Å². The number of nitrogens with zero attached hydrogens (tertiary/aromatic N) is 1. The number of benzene rings is 1. The molecule has 0 atom stereocenters. The number of halogens is 1. The SMILES string of the molecule is COc1ccc(C(=O)N2CCCCO2)cc1F. The Kier molecular flexibility index (Phi) is 3.58. The molecule has 0 N–H and O–H groups in total. The third kappa shape index (κ3) is 2.55. The van der Waals surface area contributed by atoms with Gasteiger partial charge in [0.05, 0.1) is 13.7 Å². The molecular weight excluding hydrogens is 225 g/mol. The smallest absolute Gasteiger partial charge is 0.277 e. The van der Waals surface area contributed by atoms with Gasteiger partial charge < -0.3 is 4.74 Å². The van der Waals surface area contributed by atoms with E-state index in [4.69, 9.17) is 9.57 Å². The first-order valence-electron chi connectivity index (χ1n) is 5.50. The molecule has 1 amide bonds. The molecule has 0 aromatic heterocycles. The van der Waals surface area contributed by atoms with Gasteiger partial charge in [-0.25, -0.2) is 9.45 Å². The minimum atomic E-state index is -0.546. The average Bonchev–Trinajstić information content (AvgIpc) is 2.39. The summed E-state index contributed by atoms with van der Waals surface area (Å²) in [4.78, 5) is 17.2. The summed E-state index contributed by atoms with van der Waals surface area (Å²) in [5.74, 6) is -0.734. The summed E-state index contributed by atoms with van der Waals surface area (Å²) >= 11 is 0. The summed E-state index contributed by atoms with van der Waals surface area (Å²) in [5.41, 5.74) is 0.269. The van der Waals surface area contributed by atoms with Gasteiger partial charge in [0.2, 0.25) is 0 Å². The normalized spacial score (nSPS) is 15.8. The van der Waals surface area contributed by atoms with Crippen molar-refractivity contribution in [2.45, 2.75) is 12.8 Å². The Morgan fingerprint density at radius 3 is 2.88 bits per heavy atom. The Morgan fingerprint density at radius 2 is 2.29 bits per heavy atom. The predicted molar refractivity (Wildman–Crippen MR) is 59.2 cm³/mol. The Balaban J connectivity index is 2.16. The van der Waals surface area contributed by atoms with Crippen molar-refractivity contribution in [3.63, 3.8) is 0 Å². The Bertz CT molecular complexity index is 416. The first-order valence-corrected chi connectivity index (χ1v) is 5.50. The fraction of sp³-hybridized carbons (Fsp3) is 0.417. The maximum absolute atomic E-state index is 13.4. The summed E-state index contributed by atoms with van der Waals surface area (Å²) in [6.45, 7) is 1.08. The quantitative estimate of drug-likeness (QED) is 0.792. The first-order chi connectivity index (χ1) is 8.22. The molecule has 4 nitrogen and oxygen atoms in total. The average molecular weight is 239 g/mol. The van der Waals surface area contributed by atoms with E-state index in [9.17, 15) is 9.18 Å². The number of hydrogen-bond acceptors (Lipinski definition) is 3. The molecular formula is C12H14FNO3. The first kappa shape index (κ1) is 11.9. The minimum Gasteiger partial charge on any atom is -0.494 e. The van der Waals surface area contributed by atoms with E-state index in [1.807, 2.05) is 0 Å². The topological polar surface area (TPSA) is 38.8 Å². The van der Waals surface area contributed by atoms with E-state index < -0.39 is 5.82 Å². The van der Waals surface area contributed by atoms with E-state index in [1.54, 1.807) is 0 Å². The fourth-order valence-electron chi connectivity index (χ4n) is 1.70. The maximum Gasteiger partial charge on any atom is 0.277 e. The molecule has 0 saturated carbocycles. The summed E-state index contributed by atoms with van der Waals surface area (Å²) in [5, 5.41) is 1.28. The second kappa shape index (κ2) is 5.14. The number of methoxy groups -OCH3 is 1. The lowest BCUT2D eigenvalue weighted by Crippen LogP contribution is -2.35. The molecule has 1 aliphatic rings. The van der Waals surface area contributed by atoms with Crippen molar-refractivity contribution >= 4 is 5.91 Å². The number of hydrogen-bond donors (Lipinski definition) is 0. The van der Waals surface area contributed by atoms with Gasteiger partial charge in [0.25, 0.3) is 5.91 Å². The summed E-state index contributed by atoms with van der Waals surface area (Å²) in [6.07, 6.45) is 1.85. The Labute approximate surface area is 98.9 Å². The van der Waals surface area contributed by atoms with Crippen LogP contribution < -0.4 is 4.74 Å². The number of hydroxylamine groups is 2. The van der Waals surface area contributed by atoms with Crippen molar-refractivity contribution in [3.8, 4) is 5.75 Å². The van der Waals surface area contributed by atoms with Crippen molar-refractivity contribution < 1.29 is 18.8 Å². The molecule has 1 heterocycles. The zero-order valence-electron chi connectivity index (χ0n) is 9.61. The van der Waals surface area contributed by atoms with Crippen molar-refractivity contribution in [2.24, 2.45) is 0 Å². The number of ether oxygens (including phenoxy) is 1. The highest BCUT2D eigenvalue weighted by Gasteiger charge is 2.20. The van der Waals surface area contributed by atoms with Crippen LogP contribution in [0.25, 0.3) is 0 Å². The highest BCUT2D eigenvalue weighted by Crippen LogP contribution is 2.19. The van der Waals surface area contributed by atoms with E-state index in [-0.39, 0.29) is 17.2 Å². The molecule has 92 valence electrons. The molecule has 2 rings (SSSR count). The van der Waals surface area contributed by atoms with Gasteiger partial charge >= 0.3 is 0 Å². The minimum absolute atomic E-state index is 0.126. The second-order valence-corrected chi connectivity index (χ2v) is 3.80. The lowest BCUT2D eigenvalue weighted by molar-refractivity contribution is -0.144. The molecule has 1 aromatic rings. The summed E-state index contributed by atoms with van der Waals surface area (Å²) in [7, 11) is 1.38. The number of amides is 1. The van der Waals surface area contributed by atoms with Crippen LogP contribution in [0.3, 0.4) is 0 Å². The molecule has 17 heavy (non-hydrogen) atoms. The van der Waals surface area contributed by atoms with Crippen LogP contribution in [-0.2, 0) is 4.84 Å². The zero-order chi connectivity index (χ0) is 12.3. The van der Waals surface area contributed by atoms with Crippen LogP contribution in [-0.4, -0.2) is 31.2 Å². The van der Waals surface area contributed by atoms with Crippen LogP contribution in [0.4, 0.5) is 4.39 Å². The highest BCUT2D eigenvalue weighted by atomic mass is 19.1. The van der Waals surface area contributed by atoms with E-state index >= 15 is 0 Å². The molecule has 0 bridgehead atoms. The van der Waals surface area contributed by atoms with Crippen LogP contribution in [0.15, 0.2) is 18.2 Å². The van der Waals surface area contributed by atoms with E-state index in [0.29, 0.717) is 13.2 Å². The standard InChI is InChI=1S/C12H14FNO3/c1-16-11-5-4-9(8-10(11)13)12(15)14-6-2-3-7-17-14/h4-5,8H,2-3,6-7H2,1H3. The molecule has 0 aliphatic carbocycles. The fourth-order valence-corrected chi connectivity index (χ4v) is 1.70. The number of carbonyl (C=O) groups excluding carboxylic acids is 1. The summed E-state index contributed by atoms with van der Waals surface area (Å²) < 4.78 is 18.2. The third-order valence-electron chi connectivity index (χ3n) is 2.63. The number of rotatable bonds is 2. The molecule has 1 fully saturated rings. The number of carbonyl (C=O) groups is 1. The molecule has 1 aliphatic heterocycles. The van der Waals surface area contributed by atoms with E-state index in [0.717, 1.165) is 12.8 Å². The van der Waals surface area contributed by atoms with E-state index in [1.165, 1.54) is 30.4 Å². The van der Waals surface area contributed by atoms with E-state index in [2.05, 4.69) is 0 Å². The predicted octanol–water partition coefficient (Wildman–Crippen LogP) is 2.00. The van der Waals surface area contributed by atoms with Crippen LogP contribution >= 0.6 is 0 Å². The van der Waals surface area contributed by atoms with Crippen molar-refractivity contribution in [3.05, 3.63) is 29.6 Å². The van der Waals surface area contributed by atoms with Gasteiger partial charge in [0, 0.05) is 12.1 Å². The van der Waals surface area contributed by atoms with Crippen molar-refractivity contribution in [1.29, 1.82) is 0 Å². The molecule has 5 heteroatoms. The van der Waals surface area contributed by atoms with Gasteiger partial charge in [0.15, 0.2) is 11.6 Å². The van der Waals surface area contributed by atoms with Gasteiger partial charge in [-0.2, -0.15) is 0 Å². The molecule has 0 unspecified atom stereocenters. The Hall–Kier alpha value is -1.62. The molecule has 0 radical (unpaired) electrons. The largest absolute Gasteiger partial charge is 0.494 e. The van der Waals surface area contributed by atoms with Crippen LogP contribution in [0.5, 0.6) is 5.75 Å². The van der Waals surface area contributed by atoms with Gasteiger partial charge in [-0.15, -0.1) is 0 Å². The van der Waals surface area contributed by atoms with Crippen LogP contribution in [0.2, 0.25) is 0 Å². The summed E-state index contributed by atoms with van der Waals surface area (Å²) in [6, 6.07) is 4.13. The van der Waals surface area contributed by atoms with Gasteiger partial charge in [-0.05, 0) is 31.0 Å². The van der Waals surface area contributed by atoms with Gasteiger partial charge in [-0.3, -0.25) is 9.63 Å². The van der Waals surface area contributed by atoms with Crippen LogP contribution in [0.1, 0.15) is 23.2 Å². The van der Waals surface area contributed by atoms with Gasteiger partial charge in [-0.1, -0.05) is 0 Å². The van der Waals surface area contributed by atoms with Crippen molar-refractivity contribution in [2.75, 3.05) is 20.3 Å². The van der Waals surface area contributed by atoms with Crippen molar-refractivity contribution in [1.82, 2.24) is 5.06 Å². The zero-order valence-corrected chi connectivity index (χ0v) is 9.61. The second-order valence-electron chi connectivity index (χ2n) is 3.80. The lowest BCUT2D eigenvalue weighted by Gasteiger charge is -2.25. The highest BCUT2D eigenvalue weighted by molar-refractivity contribution is 5.93. The maximum atomic E-state index is 13.4. The third-order valence-corrected chi connectivity index (χ3v) is 2.63. The lowest BCUT2D eigenvalue weighted by atomic mass is 10.2. The molecule has 1 saturated heterocycles. The molecule has 1 aromatic carbocycles. The molecule has 0 spiro atoms. The van der Waals surface area contributed by atoms with Gasteiger partial charge in [0.1, 0.15) is 0 Å².